The Labute approximate surface area is 236 Å². The van der Waals surface area contributed by atoms with E-state index in [1.807, 2.05) is 30.6 Å². The van der Waals surface area contributed by atoms with Crippen LogP contribution in [0, 0.1) is 11.2 Å². The Balaban J connectivity index is 1.65. The predicted molar refractivity (Wildman–Crippen MR) is 152 cm³/mol. The summed E-state index contributed by atoms with van der Waals surface area (Å²) in [6, 6.07) is 3.46. The molecule has 39 heavy (non-hydrogen) atoms. The maximum atomic E-state index is 14.1. The van der Waals surface area contributed by atoms with Crippen molar-refractivity contribution in [1.82, 2.24) is 4.90 Å². The molecular formula is C29H30ClF2N3O3S. The molecule has 5 rings (SSSR count). The number of hydrogen-bond donors (Lipinski definition) is 0. The number of carbonyl (C=O) groups is 1. The molecule has 1 fully saturated rings. The van der Waals surface area contributed by atoms with Gasteiger partial charge in [-0.2, -0.15) is 0 Å². The molecule has 206 valence electrons. The van der Waals surface area contributed by atoms with Crippen LogP contribution in [0.1, 0.15) is 38.3 Å². The van der Waals surface area contributed by atoms with Gasteiger partial charge in [-0.25, -0.2) is 13.6 Å². The number of benzene rings is 1. The molecule has 5 atom stereocenters. The average Bonchev–Trinajstić information content (AvgIpc) is 3.60. The topological polar surface area (TPSA) is 63.5 Å². The number of amidine groups is 1. The van der Waals surface area contributed by atoms with Crippen LogP contribution in [0.25, 0.3) is 0 Å². The van der Waals surface area contributed by atoms with Crippen LogP contribution < -0.4 is 0 Å². The van der Waals surface area contributed by atoms with Gasteiger partial charge in [0.1, 0.15) is 24.3 Å². The lowest BCUT2D eigenvalue weighted by Crippen LogP contribution is -2.41. The fourth-order valence-corrected chi connectivity index (χ4v) is 6.69. The van der Waals surface area contributed by atoms with Gasteiger partial charge in [-0.15, -0.1) is 11.8 Å². The van der Waals surface area contributed by atoms with E-state index in [0.29, 0.717) is 24.2 Å². The maximum absolute atomic E-state index is 14.1. The number of nitrogens with zero attached hydrogens (tertiary/aromatic N) is 3. The maximum Gasteiger partial charge on any atom is 0.507 e. The summed E-state index contributed by atoms with van der Waals surface area (Å²) >= 11 is 8.22. The van der Waals surface area contributed by atoms with Gasteiger partial charge in [0.05, 0.1) is 30.3 Å². The molecule has 3 unspecified atom stereocenters. The number of allylic oxidation sites excluding steroid dienone is 3. The van der Waals surface area contributed by atoms with Gasteiger partial charge in [0, 0.05) is 40.2 Å². The molecule has 0 aliphatic carbocycles. The standard InChI is InChI=1S/C29H30ClF2N3O3S/c1-16-9-10-39-26(16)27-34-25(20-7-5-18(32)12-21(20)30)24(22-8-6-19(33-22)11-17(2)31)23-13-29(3,14-35(23)27)15-38-28(36)37-4/h5-10,12,17,19,25-26H,1,11,13-15H2,2-4H3/t17?,19?,25-,26?,29+/m0/s1. The number of ether oxygens (including phenoxy) is 2. The summed E-state index contributed by atoms with van der Waals surface area (Å²) in [5.74, 6) is 0.365. The molecule has 0 bridgehead atoms. The minimum Gasteiger partial charge on any atom is -0.438 e. The molecule has 1 saturated heterocycles. The van der Waals surface area contributed by atoms with Crippen molar-refractivity contribution >= 4 is 41.1 Å². The van der Waals surface area contributed by atoms with Gasteiger partial charge in [0.15, 0.2) is 0 Å². The van der Waals surface area contributed by atoms with E-state index in [1.165, 1.54) is 26.2 Å². The van der Waals surface area contributed by atoms with Gasteiger partial charge in [-0.1, -0.05) is 43.3 Å². The molecule has 4 heterocycles. The van der Waals surface area contributed by atoms with E-state index in [-0.39, 0.29) is 29.3 Å². The van der Waals surface area contributed by atoms with E-state index in [1.54, 1.807) is 17.8 Å². The number of thioether (sulfide) groups is 1. The van der Waals surface area contributed by atoms with E-state index in [4.69, 9.17) is 31.1 Å². The van der Waals surface area contributed by atoms with Gasteiger partial charge in [-0.05, 0) is 42.5 Å². The minimum atomic E-state index is -1.00. The second kappa shape index (κ2) is 10.9. The monoisotopic (exact) mass is 573 g/mol. The fraction of sp³-hybridized carbons (Fsp3) is 0.414. The Morgan fingerprint density at radius 2 is 2.15 bits per heavy atom. The Bertz CT molecular complexity index is 1350. The number of methoxy groups -OCH3 is 1. The van der Waals surface area contributed by atoms with Gasteiger partial charge >= 0.3 is 6.16 Å². The SMILES string of the molecule is C=C1C=CSC1C1=N[C@@H](c2ccc(F)cc2Cl)C(C2=NC(CC(C)F)C=C2)=C2C[C@@](C)(COC(=O)OC)CN12. The van der Waals surface area contributed by atoms with Crippen molar-refractivity contribution in [2.45, 2.75) is 50.2 Å². The van der Waals surface area contributed by atoms with Crippen LogP contribution >= 0.6 is 23.4 Å². The van der Waals surface area contributed by atoms with Gasteiger partial charge in [0.25, 0.3) is 0 Å². The predicted octanol–water partition coefficient (Wildman–Crippen LogP) is 6.99. The van der Waals surface area contributed by atoms with Crippen LogP contribution in [0.4, 0.5) is 13.6 Å². The Hall–Kier alpha value is -2.91. The first-order valence-electron chi connectivity index (χ1n) is 12.7. The van der Waals surface area contributed by atoms with Crippen molar-refractivity contribution in [2.24, 2.45) is 15.4 Å². The molecular weight excluding hydrogens is 544 g/mol. The summed E-state index contributed by atoms with van der Waals surface area (Å²) in [5.41, 5.74) is 3.62. The lowest BCUT2D eigenvalue weighted by atomic mass is 9.86. The van der Waals surface area contributed by atoms with Gasteiger partial charge in [-0.3, -0.25) is 9.98 Å². The van der Waals surface area contributed by atoms with Crippen molar-refractivity contribution in [3.63, 3.8) is 0 Å². The number of halogens is 3. The second-order valence-electron chi connectivity index (χ2n) is 10.6. The first-order valence-corrected chi connectivity index (χ1v) is 14.1. The molecule has 0 saturated carbocycles. The zero-order chi connectivity index (χ0) is 27.9. The third kappa shape index (κ3) is 5.57. The van der Waals surface area contributed by atoms with Crippen LogP contribution in [-0.2, 0) is 9.47 Å². The third-order valence-corrected chi connectivity index (χ3v) is 8.64. The Morgan fingerprint density at radius 1 is 1.36 bits per heavy atom. The van der Waals surface area contributed by atoms with Crippen LogP contribution in [0.15, 0.2) is 75.2 Å². The third-order valence-electron chi connectivity index (χ3n) is 7.24. The van der Waals surface area contributed by atoms with E-state index < -0.39 is 29.6 Å². The number of alkyl halides is 1. The summed E-state index contributed by atoms with van der Waals surface area (Å²) in [6.45, 7) is 8.48. The number of aliphatic imine (C=N–C) groups is 2. The number of hydrogen-bond acceptors (Lipinski definition) is 7. The number of rotatable bonds is 7. The summed E-state index contributed by atoms with van der Waals surface area (Å²) in [4.78, 5) is 24.1. The Kier molecular flexibility index (Phi) is 7.75. The highest BCUT2D eigenvalue weighted by Gasteiger charge is 2.47. The zero-order valence-electron chi connectivity index (χ0n) is 22.0. The van der Waals surface area contributed by atoms with Crippen LogP contribution in [0.3, 0.4) is 0 Å². The summed E-state index contributed by atoms with van der Waals surface area (Å²) < 4.78 is 38.0. The van der Waals surface area contributed by atoms with Crippen LogP contribution in [0.2, 0.25) is 5.02 Å². The molecule has 0 N–H and O–H groups in total. The molecule has 0 spiro atoms. The molecule has 0 aromatic heterocycles. The number of carbonyl (C=O) groups excluding carboxylic acids is 1. The highest BCUT2D eigenvalue weighted by molar-refractivity contribution is 8.03. The highest BCUT2D eigenvalue weighted by atomic mass is 35.5. The molecule has 1 aromatic rings. The normalized spacial score (nSPS) is 28.5. The van der Waals surface area contributed by atoms with Crippen molar-refractivity contribution in [3.05, 3.63) is 81.7 Å². The van der Waals surface area contributed by atoms with Crippen molar-refractivity contribution in [1.29, 1.82) is 0 Å². The first-order chi connectivity index (χ1) is 18.6. The van der Waals surface area contributed by atoms with E-state index in [0.717, 1.165) is 22.7 Å². The largest absolute Gasteiger partial charge is 0.507 e. The molecule has 10 heteroatoms. The van der Waals surface area contributed by atoms with E-state index >= 15 is 0 Å². The van der Waals surface area contributed by atoms with Crippen molar-refractivity contribution in [3.8, 4) is 0 Å². The van der Waals surface area contributed by atoms with Crippen LogP contribution in [0.5, 0.6) is 0 Å². The lowest BCUT2D eigenvalue weighted by molar-refractivity contribution is 0.0419. The zero-order valence-corrected chi connectivity index (χ0v) is 23.6. The molecule has 4 aliphatic rings. The van der Waals surface area contributed by atoms with Gasteiger partial charge < -0.3 is 14.4 Å². The molecule has 4 aliphatic heterocycles. The summed E-state index contributed by atoms with van der Waals surface area (Å²) in [7, 11) is 1.28. The van der Waals surface area contributed by atoms with Gasteiger partial charge in [0.2, 0.25) is 0 Å². The highest BCUT2D eigenvalue weighted by Crippen LogP contribution is 2.49. The number of fused-ring (bicyclic) bond motifs is 1. The first kappa shape index (κ1) is 27.6. The van der Waals surface area contributed by atoms with Crippen molar-refractivity contribution < 1.29 is 23.0 Å². The van der Waals surface area contributed by atoms with Crippen LogP contribution in [-0.4, -0.2) is 60.3 Å². The van der Waals surface area contributed by atoms with E-state index in [9.17, 15) is 13.6 Å². The van der Waals surface area contributed by atoms with E-state index in [2.05, 4.69) is 11.5 Å². The molecule has 0 radical (unpaired) electrons. The lowest BCUT2D eigenvalue weighted by Gasteiger charge is -2.36. The molecule has 6 nitrogen and oxygen atoms in total. The minimum absolute atomic E-state index is 0.117. The summed E-state index contributed by atoms with van der Waals surface area (Å²) in [5, 5.41) is 2.14. The quantitative estimate of drug-likeness (QED) is 0.329. The average molecular weight is 574 g/mol. The summed E-state index contributed by atoms with van der Waals surface area (Å²) in [6.07, 6.45) is 4.87. The molecule has 0 amide bonds. The van der Waals surface area contributed by atoms with Crippen molar-refractivity contribution in [2.75, 3.05) is 20.3 Å². The second-order valence-corrected chi connectivity index (χ2v) is 12.0. The Morgan fingerprint density at radius 3 is 2.82 bits per heavy atom. The molecule has 1 aromatic carbocycles. The smallest absolute Gasteiger partial charge is 0.438 e. The fourth-order valence-electron chi connectivity index (χ4n) is 5.45.